The highest BCUT2D eigenvalue weighted by molar-refractivity contribution is 5.63. The van der Waals surface area contributed by atoms with E-state index < -0.39 is 0 Å². The molecule has 118 valence electrons. The summed E-state index contributed by atoms with van der Waals surface area (Å²) in [5.41, 5.74) is 5.99. The lowest BCUT2D eigenvalue weighted by Crippen LogP contribution is -2.20. The van der Waals surface area contributed by atoms with Crippen LogP contribution in [0.3, 0.4) is 0 Å². The van der Waals surface area contributed by atoms with Crippen molar-refractivity contribution in [2.24, 2.45) is 5.84 Å². The number of rotatable bonds is 4. The monoisotopic (exact) mass is 300 g/mol. The molecule has 22 heavy (non-hydrogen) atoms. The molecule has 0 bridgehead atoms. The third-order valence-electron chi connectivity index (χ3n) is 2.77. The summed E-state index contributed by atoms with van der Waals surface area (Å²) in [6.45, 7) is 6.62. The number of benzene rings is 2. The third-order valence-corrected chi connectivity index (χ3v) is 2.77. The third kappa shape index (κ3) is 7.02. The molecule has 0 aliphatic carbocycles. The van der Waals surface area contributed by atoms with Gasteiger partial charge in [0.05, 0.1) is 0 Å². The van der Waals surface area contributed by atoms with Crippen LogP contribution in [0.1, 0.15) is 26.3 Å². The fourth-order valence-corrected chi connectivity index (χ4v) is 1.71. The summed E-state index contributed by atoms with van der Waals surface area (Å²) in [7, 11) is 0. The van der Waals surface area contributed by atoms with Crippen LogP contribution in [0.4, 0.5) is 0 Å². The zero-order valence-corrected chi connectivity index (χ0v) is 13.4. The first-order valence-electron chi connectivity index (χ1n) is 7.15. The number of carbonyl (C=O) groups is 1. The molecule has 4 heteroatoms. The van der Waals surface area contributed by atoms with Crippen LogP contribution in [0.15, 0.2) is 54.6 Å². The molecule has 2 aromatic rings. The van der Waals surface area contributed by atoms with Crippen molar-refractivity contribution in [2.75, 3.05) is 0 Å². The molecule has 0 saturated carbocycles. The van der Waals surface area contributed by atoms with Gasteiger partial charge in [-0.05, 0) is 37.5 Å². The SMILES string of the molecule is CC(C)(C)OC=O.NNCc1ccc(-c2ccccc2)cc1. The molecule has 0 atom stereocenters. The lowest BCUT2D eigenvalue weighted by atomic mass is 10.0. The van der Waals surface area contributed by atoms with Crippen molar-refractivity contribution < 1.29 is 9.53 Å². The van der Waals surface area contributed by atoms with E-state index in [1.807, 2.05) is 39.0 Å². The molecule has 0 amide bonds. The second-order valence-corrected chi connectivity index (χ2v) is 5.77. The Morgan fingerprint density at radius 2 is 1.55 bits per heavy atom. The van der Waals surface area contributed by atoms with E-state index in [1.165, 1.54) is 16.7 Å². The predicted octanol–water partition coefficient (Wildman–Crippen LogP) is 3.27. The molecule has 2 rings (SSSR count). The van der Waals surface area contributed by atoms with E-state index in [1.54, 1.807) is 0 Å². The minimum Gasteiger partial charge on any atom is -0.462 e. The molecule has 3 N–H and O–H groups in total. The summed E-state index contributed by atoms with van der Waals surface area (Å²) in [5, 5.41) is 0. The van der Waals surface area contributed by atoms with Gasteiger partial charge in [0, 0.05) is 6.54 Å². The fourth-order valence-electron chi connectivity index (χ4n) is 1.71. The van der Waals surface area contributed by atoms with Gasteiger partial charge in [0.25, 0.3) is 6.47 Å². The van der Waals surface area contributed by atoms with Gasteiger partial charge < -0.3 is 4.74 Å². The predicted molar refractivity (Wildman–Crippen MR) is 89.8 cm³/mol. The Morgan fingerprint density at radius 1 is 1.00 bits per heavy atom. The Bertz CT molecular complexity index is 546. The number of carbonyl (C=O) groups excluding carboxylic acids is 1. The molecule has 0 aliphatic heterocycles. The van der Waals surface area contributed by atoms with Crippen LogP contribution in [0, 0.1) is 0 Å². The Hall–Kier alpha value is -2.17. The number of ether oxygens (including phenoxy) is 1. The second-order valence-electron chi connectivity index (χ2n) is 5.77. The first-order chi connectivity index (χ1) is 10.5. The van der Waals surface area contributed by atoms with Crippen molar-refractivity contribution in [1.82, 2.24) is 5.43 Å². The van der Waals surface area contributed by atoms with Crippen molar-refractivity contribution in [2.45, 2.75) is 32.9 Å². The minimum atomic E-state index is -0.318. The maximum Gasteiger partial charge on any atom is 0.293 e. The molecular formula is C18H24N2O2. The van der Waals surface area contributed by atoms with Crippen LogP contribution in [0.5, 0.6) is 0 Å². The maximum absolute atomic E-state index is 9.60. The number of nitrogens with one attached hydrogen (secondary N) is 1. The van der Waals surface area contributed by atoms with Gasteiger partial charge in [0.15, 0.2) is 0 Å². The summed E-state index contributed by atoms with van der Waals surface area (Å²) in [4.78, 5) is 9.60. The van der Waals surface area contributed by atoms with Gasteiger partial charge >= 0.3 is 0 Å². The largest absolute Gasteiger partial charge is 0.462 e. The van der Waals surface area contributed by atoms with E-state index in [-0.39, 0.29) is 5.60 Å². The number of hydrogen-bond acceptors (Lipinski definition) is 4. The van der Waals surface area contributed by atoms with Crippen LogP contribution in [-0.2, 0) is 16.1 Å². The molecule has 0 aromatic heterocycles. The van der Waals surface area contributed by atoms with E-state index in [0.29, 0.717) is 13.0 Å². The normalized spacial score (nSPS) is 10.4. The highest BCUT2D eigenvalue weighted by Gasteiger charge is 2.07. The standard InChI is InChI=1S/C13H14N2.C5H10O2/c14-15-10-11-6-8-13(9-7-11)12-4-2-1-3-5-12;1-5(2,3)7-4-6/h1-9,15H,10,14H2;4H,1-3H3. The molecule has 4 nitrogen and oxygen atoms in total. The zero-order valence-electron chi connectivity index (χ0n) is 13.4. The quantitative estimate of drug-likeness (QED) is 0.517. The Balaban J connectivity index is 0.000000295. The van der Waals surface area contributed by atoms with Crippen molar-refractivity contribution >= 4 is 6.47 Å². The van der Waals surface area contributed by atoms with Gasteiger partial charge in [0.2, 0.25) is 0 Å². The summed E-state index contributed by atoms with van der Waals surface area (Å²) >= 11 is 0. The number of hydrazine groups is 1. The average molecular weight is 300 g/mol. The smallest absolute Gasteiger partial charge is 0.293 e. The van der Waals surface area contributed by atoms with Crippen LogP contribution in [0.2, 0.25) is 0 Å². The second kappa shape index (κ2) is 8.97. The summed E-state index contributed by atoms with van der Waals surface area (Å²) in [5.74, 6) is 5.26. The highest BCUT2D eigenvalue weighted by atomic mass is 16.5. The van der Waals surface area contributed by atoms with Crippen LogP contribution < -0.4 is 11.3 Å². The fraction of sp³-hybridized carbons (Fsp3) is 0.278. The van der Waals surface area contributed by atoms with E-state index in [9.17, 15) is 4.79 Å². The van der Waals surface area contributed by atoms with Gasteiger partial charge in [0.1, 0.15) is 5.60 Å². The van der Waals surface area contributed by atoms with Crippen LogP contribution in [0.25, 0.3) is 11.1 Å². The van der Waals surface area contributed by atoms with E-state index in [2.05, 4.69) is 46.6 Å². The van der Waals surface area contributed by atoms with Gasteiger partial charge in [-0.3, -0.25) is 16.1 Å². The van der Waals surface area contributed by atoms with Crippen molar-refractivity contribution in [1.29, 1.82) is 0 Å². The summed E-state index contributed by atoms with van der Waals surface area (Å²) in [6.07, 6.45) is 0. The Morgan fingerprint density at radius 3 is 1.95 bits per heavy atom. The molecule has 0 fully saturated rings. The van der Waals surface area contributed by atoms with E-state index >= 15 is 0 Å². The molecular weight excluding hydrogens is 276 g/mol. The van der Waals surface area contributed by atoms with Crippen molar-refractivity contribution in [3.05, 3.63) is 60.2 Å². The van der Waals surface area contributed by atoms with Gasteiger partial charge in [-0.1, -0.05) is 54.6 Å². The Kier molecular flexibility index (Phi) is 7.29. The van der Waals surface area contributed by atoms with Crippen molar-refractivity contribution in [3.8, 4) is 11.1 Å². The lowest BCUT2D eigenvalue weighted by Gasteiger charge is -2.14. The molecule has 0 spiro atoms. The average Bonchev–Trinajstić information content (AvgIpc) is 2.49. The van der Waals surface area contributed by atoms with Gasteiger partial charge in [-0.15, -0.1) is 0 Å². The summed E-state index contributed by atoms with van der Waals surface area (Å²) in [6, 6.07) is 18.7. The molecule has 2 aromatic carbocycles. The topological polar surface area (TPSA) is 64.3 Å². The molecule has 0 heterocycles. The zero-order chi connectivity index (χ0) is 16.4. The van der Waals surface area contributed by atoms with Gasteiger partial charge in [-0.2, -0.15) is 0 Å². The highest BCUT2D eigenvalue weighted by Crippen LogP contribution is 2.18. The Labute approximate surface area is 132 Å². The first-order valence-corrected chi connectivity index (χ1v) is 7.15. The number of hydrogen-bond donors (Lipinski definition) is 2. The van der Waals surface area contributed by atoms with Gasteiger partial charge in [-0.25, -0.2) is 0 Å². The van der Waals surface area contributed by atoms with Crippen LogP contribution in [-0.4, -0.2) is 12.1 Å². The molecule has 0 radical (unpaired) electrons. The maximum atomic E-state index is 9.60. The minimum absolute atomic E-state index is 0.318. The summed E-state index contributed by atoms with van der Waals surface area (Å²) < 4.78 is 4.55. The molecule has 0 aliphatic rings. The van der Waals surface area contributed by atoms with Crippen LogP contribution >= 0.6 is 0 Å². The first kappa shape index (κ1) is 17.9. The lowest BCUT2D eigenvalue weighted by molar-refractivity contribution is -0.138. The molecule has 0 saturated heterocycles. The number of nitrogens with two attached hydrogens (primary N) is 1. The molecule has 0 unspecified atom stereocenters. The van der Waals surface area contributed by atoms with Crippen molar-refractivity contribution in [3.63, 3.8) is 0 Å². The van der Waals surface area contributed by atoms with E-state index in [4.69, 9.17) is 5.84 Å². The van der Waals surface area contributed by atoms with E-state index in [0.717, 1.165) is 0 Å².